The molecule has 2 nitrogen and oxygen atoms in total. The van der Waals surface area contributed by atoms with E-state index >= 15 is 0 Å². The molecule has 0 radical (unpaired) electrons. The van der Waals surface area contributed by atoms with Gasteiger partial charge in [0.15, 0.2) is 0 Å². The van der Waals surface area contributed by atoms with Crippen molar-refractivity contribution in [1.82, 2.24) is 5.32 Å². The minimum absolute atomic E-state index is 0.864. The molecule has 0 atom stereocenters. The van der Waals surface area contributed by atoms with E-state index in [2.05, 4.69) is 17.4 Å². The summed E-state index contributed by atoms with van der Waals surface area (Å²) in [4.78, 5) is 0. The van der Waals surface area contributed by atoms with Crippen molar-refractivity contribution in [2.45, 2.75) is 38.5 Å². The Hall–Kier alpha value is -1.02. The van der Waals surface area contributed by atoms with Gasteiger partial charge in [-0.3, -0.25) is 0 Å². The van der Waals surface area contributed by atoms with Crippen LogP contribution in [0.2, 0.25) is 0 Å². The van der Waals surface area contributed by atoms with Crippen LogP contribution in [0.4, 0.5) is 5.69 Å². The summed E-state index contributed by atoms with van der Waals surface area (Å²) in [7, 11) is 0. The van der Waals surface area contributed by atoms with Gasteiger partial charge in [-0.05, 0) is 62.4 Å². The fourth-order valence-corrected chi connectivity index (χ4v) is 2.62. The highest BCUT2D eigenvalue weighted by Gasteiger charge is 2.11. The third-order valence-corrected chi connectivity index (χ3v) is 3.77. The van der Waals surface area contributed by atoms with E-state index < -0.39 is 0 Å². The lowest BCUT2D eigenvalue weighted by atomic mass is 9.92. The second-order valence-electron chi connectivity index (χ2n) is 5.18. The highest BCUT2D eigenvalue weighted by Crippen LogP contribution is 2.19. The lowest BCUT2D eigenvalue weighted by Gasteiger charge is -2.22. The second-order valence-corrected chi connectivity index (χ2v) is 5.18. The highest BCUT2D eigenvalue weighted by molar-refractivity contribution is 5.39. The average Bonchev–Trinajstić information content (AvgIpc) is 2.38. The first-order chi connectivity index (χ1) is 8.34. The molecule has 0 saturated carbocycles. The summed E-state index contributed by atoms with van der Waals surface area (Å²) in [6.45, 7) is 2.45. The smallest absolute Gasteiger partial charge is 0.0314 e. The van der Waals surface area contributed by atoms with Crippen molar-refractivity contribution in [3.63, 3.8) is 0 Å². The van der Waals surface area contributed by atoms with Gasteiger partial charge in [-0.25, -0.2) is 0 Å². The van der Waals surface area contributed by atoms with Crippen LogP contribution in [-0.4, -0.2) is 13.1 Å². The van der Waals surface area contributed by atoms with Gasteiger partial charge in [-0.1, -0.05) is 25.0 Å². The lowest BCUT2D eigenvalue weighted by molar-refractivity contribution is 0.344. The van der Waals surface area contributed by atoms with Crippen molar-refractivity contribution < 1.29 is 0 Å². The first kappa shape index (κ1) is 12.4. The Labute approximate surface area is 105 Å². The zero-order valence-corrected chi connectivity index (χ0v) is 10.6. The minimum Gasteiger partial charge on any atom is -0.399 e. The fraction of sp³-hybridized carbons (Fsp3) is 0.600. The predicted molar refractivity (Wildman–Crippen MR) is 74.0 cm³/mol. The van der Waals surface area contributed by atoms with E-state index in [0.29, 0.717) is 0 Å². The SMILES string of the molecule is Nc1ccc(CCCCC2CCNCC2)cc1. The van der Waals surface area contributed by atoms with Gasteiger partial charge in [0.25, 0.3) is 0 Å². The number of rotatable bonds is 5. The van der Waals surface area contributed by atoms with Gasteiger partial charge >= 0.3 is 0 Å². The molecule has 1 aromatic rings. The molecule has 1 heterocycles. The van der Waals surface area contributed by atoms with Crippen LogP contribution >= 0.6 is 0 Å². The molecular weight excluding hydrogens is 208 g/mol. The minimum atomic E-state index is 0.864. The molecular formula is C15H24N2. The van der Waals surface area contributed by atoms with E-state index in [4.69, 9.17) is 5.73 Å². The Morgan fingerprint density at radius 1 is 1.06 bits per heavy atom. The van der Waals surface area contributed by atoms with Crippen LogP contribution in [0.15, 0.2) is 24.3 Å². The van der Waals surface area contributed by atoms with Gasteiger partial charge in [0.2, 0.25) is 0 Å². The van der Waals surface area contributed by atoms with E-state index in [1.165, 1.54) is 57.2 Å². The maximum absolute atomic E-state index is 5.67. The quantitative estimate of drug-likeness (QED) is 0.605. The number of hydrogen-bond donors (Lipinski definition) is 2. The van der Waals surface area contributed by atoms with Crippen molar-refractivity contribution in [3.8, 4) is 0 Å². The van der Waals surface area contributed by atoms with Crippen LogP contribution in [0.25, 0.3) is 0 Å². The Morgan fingerprint density at radius 3 is 2.47 bits per heavy atom. The number of hydrogen-bond acceptors (Lipinski definition) is 2. The lowest BCUT2D eigenvalue weighted by Crippen LogP contribution is -2.27. The largest absolute Gasteiger partial charge is 0.399 e. The number of benzene rings is 1. The molecule has 1 aliphatic rings. The maximum Gasteiger partial charge on any atom is 0.0314 e. The number of nitrogens with one attached hydrogen (secondary N) is 1. The van der Waals surface area contributed by atoms with Crippen molar-refractivity contribution >= 4 is 5.69 Å². The average molecular weight is 232 g/mol. The third-order valence-electron chi connectivity index (χ3n) is 3.77. The summed E-state index contributed by atoms with van der Waals surface area (Å²) in [5, 5.41) is 3.42. The molecule has 17 heavy (non-hydrogen) atoms. The number of nitrogens with two attached hydrogens (primary N) is 1. The molecule has 0 unspecified atom stereocenters. The Kier molecular flexibility index (Phi) is 4.87. The summed E-state index contributed by atoms with van der Waals surface area (Å²) < 4.78 is 0. The normalized spacial score (nSPS) is 17.2. The summed E-state index contributed by atoms with van der Waals surface area (Å²) in [5.74, 6) is 0.975. The Morgan fingerprint density at radius 2 is 1.76 bits per heavy atom. The standard InChI is InChI=1S/C15H24N2/c16-15-7-5-13(6-8-15)3-1-2-4-14-9-11-17-12-10-14/h5-8,14,17H,1-4,9-12,16H2. The van der Waals surface area contributed by atoms with Crippen LogP contribution in [0, 0.1) is 5.92 Å². The molecule has 1 fully saturated rings. The molecule has 3 N–H and O–H groups in total. The first-order valence-corrected chi connectivity index (χ1v) is 6.90. The molecule has 1 aliphatic heterocycles. The van der Waals surface area contributed by atoms with Crippen molar-refractivity contribution in [3.05, 3.63) is 29.8 Å². The predicted octanol–water partition coefficient (Wildman–Crippen LogP) is 2.98. The Bertz CT molecular complexity index is 312. The molecule has 0 bridgehead atoms. The van der Waals surface area contributed by atoms with Crippen LogP contribution in [0.5, 0.6) is 0 Å². The zero-order chi connectivity index (χ0) is 11.9. The van der Waals surface area contributed by atoms with E-state index in [0.717, 1.165) is 11.6 Å². The fourth-order valence-electron chi connectivity index (χ4n) is 2.62. The maximum atomic E-state index is 5.67. The monoisotopic (exact) mass is 232 g/mol. The highest BCUT2D eigenvalue weighted by atomic mass is 14.9. The van der Waals surface area contributed by atoms with Crippen LogP contribution in [0.1, 0.15) is 37.7 Å². The molecule has 0 aromatic heterocycles. The van der Waals surface area contributed by atoms with Crippen LogP contribution in [-0.2, 0) is 6.42 Å². The molecule has 2 heteroatoms. The van der Waals surface area contributed by atoms with Crippen molar-refractivity contribution in [2.24, 2.45) is 5.92 Å². The second kappa shape index (κ2) is 6.65. The van der Waals surface area contributed by atoms with Gasteiger partial charge < -0.3 is 11.1 Å². The Balaban J connectivity index is 1.60. The zero-order valence-electron chi connectivity index (χ0n) is 10.6. The number of anilines is 1. The van der Waals surface area contributed by atoms with Gasteiger partial charge in [-0.2, -0.15) is 0 Å². The van der Waals surface area contributed by atoms with Crippen molar-refractivity contribution in [1.29, 1.82) is 0 Å². The van der Waals surface area contributed by atoms with Gasteiger partial charge in [-0.15, -0.1) is 0 Å². The molecule has 94 valence electrons. The van der Waals surface area contributed by atoms with Gasteiger partial charge in [0, 0.05) is 5.69 Å². The molecule has 0 amide bonds. The summed E-state index contributed by atoms with van der Waals surface area (Å²) in [5.41, 5.74) is 7.96. The third kappa shape index (κ3) is 4.39. The molecule has 0 spiro atoms. The molecule has 1 aromatic carbocycles. The number of unbranched alkanes of at least 4 members (excludes halogenated alkanes) is 1. The van der Waals surface area contributed by atoms with E-state index in [-0.39, 0.29) is 0 Å². The number of aryl methyl sites for hydroxylation is 1. The number of nitrogen functional groups attached to an aromatic ring is 1. The summed E-state index contributed by atoms with van der Waals surface area (Å²) in [6, 6.07) is 8.31. The van der Waals surface area contributed by atoms with Crippen LogP contribution in [0.3, 0.4) is 0 Å². The summed E-state index contributed by atoms with van der Waals surface area (Å²) in [6.07, 6.45) is 8.05. The van der Waals surface area contributed by atoms with E-state index in [1.54, 1.807) is 0 Å². The molecule has 0 aliphatic carbocycles. The molecule has 1 saturated heterocycles. The summed E-state index contributed by atoms with van der Waals surface area (Å²) >= 11 is 0. The first-order valence-electron chi connectivity index (χ1n) is 6.90. The van der Waals surface area contributed by atoms with Gasteiger partial charge in [0.1, 0.15) is 0 Å². The van der Waals surface area contributed by atoms with Crippen molar-refractivity contribution in [2.75, 3.05) is 18.8 Å². The van der Waals surface area contributed by atoms with Gasteiger partial charge in [0.05, 0.1) is 0 Å². The van der Waals surface area contributed by atoms with Crippen LogP contribution < -0.4 is 11.1 Å². The topological polar surface area (TPSA) is 38.0 Å². The number of piperidine rings is 1. The molecule has 2 rings (SSSR count). The van der Waals surface area contributed by atoms with E-state index in [1.807, 2.05) is 12.1 Å². The van der Waals surface area contributed by atoms with E-state index in [9.17, 15) is 0 Å².